The van der Waals surface area contributed by atoms with Gasteiger partial charge in [-0.15, -0.1) is 11.8 Å². The predicted octanol–water partition coefficient (Wildman–Crippen LogP) is 1.14. The molecule has 3 rings (SSSR count). The third-order valence-electron chi connectivity index (χ3n) is 3.08. The van der Waals surface area contributed by atoms with Crippen LogP contribution in [0.15, 0.2) is 23.1 Å². The third-order valence-corrected chi connectivity index (χ3v) is 4.14. The molecule has 0 aromatic heterocycles. The number of carbonyl (C=O) groups excluding carboxylic acids is 1. The Balaban J connectivity index is 1.85. The zero-order valence-electron chi connectivity index (χ0n) is 9.53. The van der Waals surface area contributed by atoms with E-state index in [9.17, 15) is 4.79 Å². The maximum atomic E-state index is 11.3. The Hall–Kier alpha value is -1.20. The summed E-state index contributed by atoms with van der Waals surface area (Å²) in [5, 5.41) is 6.25. The summed E-state index contributed by atoms with van der Waals surface area (Å²) >= 11 is 1.62. The van der Waals surface area contributed by atoms with E-state index in [0.717, 1.165) is 31.9 Å². The van der Waals surface area contributed by atoms with Crippen LogP contribution in [-0.4, -0.2) is 37.8 Å². The van der Waals surface area contributed by atoms with Gasteiger partial charge in [0.25, 0.3) is 0 Å². The van der Waals surface area contributed by atoms with Gasteiger partial charge in [-0.05, 0) is 18.2 Å². The number of rotatable bonds is 1. The van der Waals surface area contributed by atoms with Crippen molar-refractivity contribution in [3.05, 3.63) is 18.2 Å². The van der Waals surface area contributed by atoms with Crippen molar-refractivity contribution < 1.29 is 4.79 Å². The van der Waals surface area contributed by atoms with Crippen LogP contribution < -0.4 is 15.5 Å². The van der Waals surface area contributed by atoms with E-state index in [-0.39, 0.29) is 5.91 Å². The molecular weight excluding hydrogens is 234 g/mol. The maximum absolute atomic E-state index is 11.3. The summed E-state index contributed by atoms with van der Waals surface area (Å²) in [5.74, 6) is 0.621. The van der Waals surface area contributed by atoms with Crippen molar-refractivity contribution in [2.75, 3.05) is 42.1 Å². The van der Waals surface area contributed by atoms with Gasteiger partial charge < -0.3 is 15.5 Å². The van der Waals surface area contributed by atoms with Crippen molar-refractivity contribution >= 4 is 29.0 Å². The van der Waals surface area contributed by atoms with Gasteiger partial charge in [0.1, 0.15) is 0 Å². The van der Waals surface area contributed by atoms with Gasteiger partial charge >= 0.3 is 0 Å². The van der Waals surface area contributed by atoms with E-state index in [1.807, 2.05) is 6.07 Å². The van der Waals surface area contributed by atoms with Crippen LogP contribution in [-0.2, 0) is 4.79 Å². The van der Waals surface area contributed by atoms with Crippen LogP contribution in [0.2, 0.25) is 0 Å². The molecule has 1 aromatic carbocycles. The van der Waals surface area contributed by atoms with Gasteiger partial charge in [-0.2, -0.15) is 0 Å². The lowest BCUT2D eigenvalue weighted by Gasteiger charge is -2.30. The topological polar surface area (TPSA) is 44.4 Å². The average molecular weight is 249 g/mol. The van der Waals surface area contributed by atoms with E-state index in [1.54, 1.807) is 11.8 Å². The number of carbonyl (C=O) groups is 1. The fourth-order valence-corrected chi connectivity index (χ4v) is 3.02. The first-order chi connectivity index (χ1) is 8.33. The molecule has 2 aliphatic heterocycles. The highest BCUT2D eigenvalue weighted by atomic mass is 32.2. The molecule has 0 saturated carbocycles. The van der Waals surface area contributed by atoms with Gasteiger partial charge in [0.05, 0.1) is 11.4 Å². The van der Waals surface area contributed by atoms with Crippen molar-refractivity contribution in [1.29, 1.82) is 0 Å². The van der Waals surface area contributed by atoms with Crippen molar-refractivity contribution in [2.24, 2.45) is 0 Å². The molecular formula is C12H15N3OS. The summed E-state index contributed by atoms with van der Waals surface area (Å²) in [4.78, 5) is 14.8. The minimum Gasteiger partial charge on any atom is -0.369 e. The van der Waals surface area contributed by atoms with Crippen LogP contribution in [0, 0.1) is 0 Å². The lowest BCUT2D eigenvalue weighted by Crippen LogP contribution is -2.43. The number of hydrogen-bond acceptors (Lipinski definition) is 4. The second kappa shape index (κ2) is 4.58. The number of thioether (sulfide) groups is 1. The van der Waals surface area contributed by atoms with Crippen LogP contribution >= 0.6 is 11.8 Å². The smallest absolute Gasteiger partial charge is 0.234 e. The summed E-state index contributed by atoms with van der Waals surface area (Å²) in [5.41, 5.74) is 2.21. The Bertz CT molecular complexity index is 443. The van der Waals surface area contributed by atoms with E-state index in [1.165, 1.54) is 10.6 Å². The number of amides is 1. The van der Waals surface area contributed by atoms with Crippen molar-refractivity contribution in [1.82, 2.24) is 5.32 Å². The van der Waals surface area contributed by atoms with Gasteiger partial charge in [0.15, 0.2) is 0 Å². The number of fused-ring (bicyclic) bond motifs is 1. The van der Waals surface area contributed by atoms with Crippen LogP contribution in [0.1, 0.15) is 0 Å². The number of benzene rings is 1. The van der Waals surface area contributed by atoms with E-state index in [0.29, 0.717) is 5.75 Å². The summed E-state index contributed by atoms with van der Waals surface area (Å²) in [7, 11) is 0. The molecule has 1 amide bonds. The Kier molecular flexibility index (Phi) is 2.94. The van der Waals surface area contributed by atoms with Crippen LogP contribution in [0.4, 0.5) is 11.4 Å². The molecule has 0 bridgehead atoms. The number of hydrogen-bond donors (Lipinski definition) is 2. The number of nitrogens with zero attached hydrogens (tertiary/aromatic N) is 1. The standard InChI is InChI=1S/C12H15N3OS/c16-12-8-17-11-7-9(1-2-10(11)14-12)15-5-3-13-4-6-15/h1-2,7,13H,3-6,8H2,(H,14,16). The second-order valence-electron chi connectivity index (χ2n) is 4.25. The summed E-state index contributed by atoms with van der Waals surface area (Å²) in [6.07, 6.45) is 0. The molecule has 4 nitrogen and oxygen atoms in total. The zero-order valence-corrected chi connectivity index (χ0v) is 10.3. The number of nitrogens with one attached hydrogen (secondary N) is 2. The minimum atomic E-state index is 0.0948. The molecule has 1 aromatic rings. The minimum absolute atomic E-state index is 0.0948. The van der Waals surface area contributed by atoms with Crippen molar-refractivity contribution in [3.63, 3.8) is 0 Å². The summed E-state index contributed by atoms with van der Waals surface area (Å²) in [6, 6.07) is 6.29. The van der Waals surface area contributed by atoms with E-state index in [4.69, 9.17) is 0 Å². The fourth-order valence-electron chi connectivity index (χ4n) is 2.18. The lowest BCUT2D eigenvalue weighted by molar-refractivity contribution is -0.113. The van der Waals surface area contributed by atoms with Gasteiger partial charge in [-0.1, -0.05) is 0 Å². The first-order valence-corrected chi connectivity index (χ1v) is 6.84. The van der Waals surface area contributed by atoms with Gasteiger partial charge in [-0.3, -0.25) is 4.79 Å². The van der Waals surface area contributed by atoms with E-state index < -0.39 is 0 Å². The highest BCUT2D eigenvalue weighted by Crippen LogP contribution is 2.34. The SMILES string of the molecule is O=C1CSc2cc(N3CCNCC3)ccc2N1. The molecule has 0 unspecified atom stereocenters. The Morgan fingerprint density at radius 1 is 1.24 bits per heavy atom. The van der Waals surface area contributed by atoms with Crippen LogP contribution in [0.5, 0.6) is 0 Å². The van der Waals surface area contributed by atoms with Crippen molar-refractivity contribution in [2.45, 2.75) is 4.90 Å². The predicted molar refractivity (Wildman–Crippen MR) is 70.9 cm³/mol. The lowest BCUT2D eigenvalue weighted by atomic mass is 10.2. The Morgan fingerprint density at radius 2 is 2.06 bits per heavy atom. The molecule has 2 N–H and O–H groups in total. The quantitative estimate of drug-likeness (QED) is 0.783. The Morgan fingerprint density at radius 3 is 2.88 bits per heavy atom. The van der Waals surface area contributed by atoms with E-state index >= 15 is 0 Å². The monoisotopic (exact) mass is 249 g/mol. The molecule has 1 saturated heterocycles. The van der Waals surface area contributed by atoms with Crippen LogP contribution in [0.3, 0.4) is 0 Å². The van der Waals surface area contributed by atoms with Gasteiger partial charge in [0, 0.05) is 36.8 Å². The van der Waals surface area contributed by atoms with Crippen molar-refractivity contribution in [3.8, 4) is 0 Å². The van der Waals surface area contributed by atoms with E-state index in [2.05, 4.69) is 27.7 Å². The third kappa shape index (κ3) is 2.25. The fraction of sp³-hybridized carbons (Fsp3) is 0.417. The molecule has 2 aliphatic rings. The molecule has 0 radical (unpaired) electrons. The first kappa shape index (κ1) is 10.9. The molecule has 1 fully saturated rings. The summed E-state index contributed by atoms with van der Waals surface area (Å²) in [6.45, 7) is 4.19. The molecule has 5 heteroatoms. The molecule has 2 heterocycles. The van der Waals surface area contributed by atoms with Crippen LogP contribution in [0.25, 0.3) is 0 Å². The maximum Gasteiger partial charge on any atom is 0.234 e. The Labute approximate surface area is 105 Å². The van der Waals surface area contributed by atoms with Gasteiger partial charge in [-0.25, -0.2) is 0 Å². The first-order valence-electron chi connectivity index (χ1n) is 5.85. The number of anilines is 2. The second-order valence-corrected chi connectivity index (χ2v) is 5.27. The molecule has 90 valence electrons. The highest BCUT2D eigenvalue weighted by Gasteiger charge is 2.17. The van der Waals surface area contributed by atoms with Gasteiger partial charge in [0.2, 0.25) is 5.91 Å². The summed E-state index contributed by atoms with van der Waals surface area (Å²) < 4.78 is 0. The number of piperazine rings is 1. The molecule has 0 spiro atoms. The normalized spacial score (nSPS) is 19.8. The zero-order chi connectivity index (χ0) is 11.7. The molecule has 0 aliphatic carbocycles. The largest absolute Gasteiger partial charge is 0.369 e. The highest BCUT2D eigenvalue weighted by molar-refractivity contribution is 8.00. The molecule has 17 heavy (non-hydrogen) atoms. The molecule has 0 atom stereocenters. The average Bonchev–Trinajstić information content (AvgIpc) is 2.39.